The molecule has 0 aromatic heterocycles. The molecule has 0 bridgehead atoms. The normalized spacial score (nSPS) is 15.4. The number of amides is 1. The molecule has 0 spiro atoms. The van der Waals surface area contributed by atoms with E-state index in [4.69, 9.17) is 0 Å². The van der Waals surface area contributed by atoms with Gasteiger partial charge in [-0.3, -0.25) is 9.59 Å². The Labute approximate surface area is 121 Å². The van der Waals surface area contributed by atoms with Crippen molar-refractivity contribution in [3.63, 3.8) is 0 Å². The minimum absolute atomic E-state index is 0.00244. The van der Waals surface area contributed by atoms with Crippen LogP contribution in [-0.2, 0) is 4.79 Å². The van der Waals surface area contributed by atoms with E-state index in [-0.39, 0.29) is 24.5 Å². The molecule has 3 nitrogen and oxygen atoms in total. The Bertz CT molecular complexity index is 450. The number of hydrogen-bond acceptors (Lipinski definition) is 2. The molecule has 0 atom stereocenters. The lowest BCUT2D eigenvalue weighted by molar-refractivity contribution is -0.121. The summed E-state index contributed by atoms with van der Waals surface area (Å²) in [6.45, 7) is 0. The number of benzene rings is 1. The lowest BCUT2D eigenvalue weighted by Gasteiger charge is -2.11. The molecule has 102 valence electrons. The molecular weight excluding hydrogens is 306 g/mol. The van der Waals surface area contributed by atoms with Gasteiger partial charge in [-0.2, -0.15) is 0 Å². The zero-order valence-electron chi connectivity index (χ0n) is 10.8. The van der Waals surface area contributed by atoms with Crippen LogP contribution < -0.4 is 5.32 Å². The number of carbonyl (C=O) groups excluding carboxylic acids is 2. The summed E-state index contributed by atoms with van der Waals surface area (Å²) in [5.74, 6) is 0.0198. The molecule has 19 heavy (non-hydrogen) atoms. The number of ketones is 1. The van der Waals surface area contributed by atoms with Gasteiger partial charge in [0.15, 0.2) is 5.78 Å². The minimum atomic E-state index is -0.00244. The molecule has 0 aliphatic heterocycles. The first-order valence-electron chi connectivity index (χ1n) is 6.73. The number of nitrogens with one attached hydrogen (secondary N) is 1. The van der Waals surface area contributed by atoms with E-state index in [0.717, 1.165) is 17.3 Å². The first-order valence-corrected chi connectivity index (χ1v) is 7.52. The number of carbonyl (C=O) groups is 2. The molecule has 1 aromatic carbocycles. The summed E-state index contributed by atoms with van der Waals surface area (Å²) in [4.78, 5) is 23.6. The topological polar surface area (TPSA) is 46.2 Å². The molecule has 1 aliphatic carbocycles. The summed E-state index contributed by atoms with van der Waals surface area (Å²) in [5, 5.41) is 3.00. The highest BCUT2D eigenvalue weighted by Crippen LogP contribution is 2.18. The van der Waals surface area contributed by atoms with Gasteiger partial charge in [0.1, 0.15) is 0 Å². The van der Waals surface area contributed by atoms with Crippen molar-refractivity contribution in [1.29, 1.82) is 0 Å². The second-order valence-electron chi connectivity index (χ2n) is 4.98. The van der Waals surface area contributed by atoms with Crippen molar-refractivity contribution in [2.24, 2.45) is 0 Å². The fraction of sp³-hybridized carbons (Fsp3) is 0.467. The SMILES string of the molecule is O=C(CCC(=O)c1ccc(Br)cc1)NC1CCCC1. The fourth-order valence-electron chi connectivity index (χ4n) is 2.38. The maximum Gasteiger partial charge on any atom is 0.220 e. The summed E-state index contributed by atoms with van der Waals surface area (Å²) in [6.07, 6.45) is 5.11. The van der Waals surface area contributed by atoms with Crippen LogP contribution in [0.5, 0.6) is 0 Å². The molecule has 4 heteroatoms. The smallest absolute Gasteiger partial charge is 0.220 e. The molecule has 1 aromatic rings. The van der Waals surface area contributed by atoms with Crippen LogP contribution in [0.25, 0.3) is 0 Å². The summed E-state index contributed by atoms with van der Waals surface area (Å²) in [6, 6.07) is 7.57. The number of hydrogen-bond donors (Lipinski definition) is 1. The molecule has 1 N–H and O–H groups in total. The summed E-state index contributed by atoms with van der Waals surface area (Å²) in [7, 11) is 0. The highest BCUT2D eigenvalue weighted by atomic mass is 79.9. The Morgan fingerprint density at radius 2 is 1.74 bits per heavy atom. The predicted octanol–water partition coefficient (Wildman–Crippen LogP) is 3.47. The van der Waals surface area contributed by atoms with Gasteiger partial charge in [0, 0.05) is 28.9 Å². The highest BCUT2D eigenvalue weighted by Gasteiger charge is 2.17. The zero-order valence-corrected chi connectivity index (χ0v) is 12.4. The van der Waals surface area contributed by atoms with Gasteiger partial charge in [0.2, 0.25) is 5.91 Å². The van der Waals surface area contributed by atoms with Gasteiger partial charge in [-0.05, 0) is 25.0 Å². The van der Waals surface area contributed by atoms with E-state index in [1.807, 2.05) is 12.1 Å². The van der Waals surface area contributed by atoms with Crippen LogP contribution in [0, 0.1) is 0 Å². The Morgan fingerprint density at radius 3 is 2.37 bits per heavy atom. The maximum atomic E-state index is 11.9. The molecule has 1 fully saturated rings. The molecule has 2 rings (SSSR count). The first kappa shape index (κ1) is 14.3. The van der Waals surface area contributed by atoms with Crippen LogP contribution in [0.4, 0.5) is 0 Å². The third-order valence-electron chi connectivity index (χ3n) is 3.47. The van der Waals surface area contributed by atoms with Gasteiger partial charge < -0.3 is 5.32 Å². The van der Waals surface area contributed by atoms with Crippen molar-refractivity contribution in [3.8, 4) is 0 Å². The average molecular weight is 324 g/mol. The van der Waals surface area contributed by atoms with Crippen LogP contribution in [0.15, 0.2) is 28.7 Å². The van der Waals surface area contributed by atoms with E-state index >= 15 is 0 Å². The lowest BCUT2D eigenvalue weighted by Crippen LogP contribution is -2.32. The van der Waals surface area contributed by atoms with Gasteiger partial charge in [0.05, 0.1) is 0 Å². The largest absolute Gasteiger partial charge is 0.353 e. The first-order chi connectivity index (χ1) is 9.15. The van der Waals surface area contributed by atoms with Crippen LogP contribution >= 0.6 is 15.9 Å². The second kappa shape index (κ2) is 6.85. The van der Waals surface area contributed by atoms with E-state index < -0.39 is 0 Å². The molecule has 0 saturated heterocycles. The molecular formula is C15H18BrNO2. The van der Waals surface area contributed by atoms with Crippen molar-refractivity contribution in [1.82, 2.24) is 5.32 Å². The Morgan fingerprint density at radius 1 is 1.11 bits per heavy atom. The van der Waals surface area contributed by atoms with E-state index in [1.165, 1.54) is 12.8 Å². The van der Waals surface area contributed by atoms with Crippen LogP contribution in [-0.4, -0.2) is 17.7 Å². The van der Waals surface area contributed by atoms with E-state index in [2.05, 4.69) is 21.2 Å². The molecule has 1 saturated carbocycles. The second-order valence-corrected chi connectivity index (χ2v) is 5.89. The van der Waals surface area contributed by atoms with Crippen LogP contribution in [0.2, 0.25) is 0 Å². The third kappa shape index (κ3) is 4.46. The Kier molecular flexibility index (Phi) is 5.14. The number of Topliss-reactive ketones (excluding diaryl/α,β-unsaturated/α-hetero) is 1. The van der Waals surface area contributed by atoms with Crippen molar-refractivity contribution in [2.75, 3.05) is 0 Å². The average Bonchev–Trinajstić information content (AvgIpc) is 2.89. The predicted molar refractivity (Wildman–Crippen MR) is 78.1 cm³/mol. The molecule has 1 amide bonds. The number of rotatable bonds is 5. The molecule has 0 heterocycles. The van der Waals surface area contributed by atoms with Crippen molar-refractivity contribution >= 4 is 27.6 Å². The standard InChI is InChI=1S/C15H18BrNO2/c16-12-7-5-11(6-8-12)14(18)9-10-15(19)17-13-3-1-2-4-13/h5-8,13H,1-4,9-10H2,(H,17,19). The molecule has 1 aliphatic rings. The summed E-state index contributed by atoms with van der Waals surface area (Å²) in [5.41, 5.74) is 0.664. The molecule has 0 unspecified atom stereocenters. The van der Waals surface area contributed by atoms with E-state index in [9.17, 15) is 9.59 Å². The zero-order chi connectivity index (χ0) is 13.7. The monoisotopic (exact) mass is 323 g/mol. The van der Waals surface area contributed by atoms with Crippen molar-refractivity contribution in [3.05, 3.63) is 34.3 Å². The van der Waals surface area contributed by atoms with Gasteiger partial charge in [-0.15, -0.1) is 0 Å². The van der Waals surface area contributed by atoms with Crippen LogP contribution in [0.1, 0.15) is 48.9 Å². The van der Waals surface area contributed by atoms with Gasteiger partial charge in [-0.25, -0.2) is 0 Å². The lowest BCUT2D eigenvalue weighted by atomic mass is 10.1. The van der Waals surface area contributed by atoms with Crippen LogP contribution in [0.3, 0.4) is 0 Å². The quantitative estimate of drug-likeness (QED) is 0.843. The van der Waals surface area contributed by atoms with Crippen molar-refractivity contribution < 1.29 is 9.59 Å². The summed E-state index contributed by atoms with van der Waals surface area (Å²) >= 11 is 3.33. The highest BCUT2D eigenvalue weighted by molar-refractivity contribution is 9.10. The van der Waals surface area contributed by atoms with Gasteiger partial charge >= 0.3 is 0 Å². The third-order valence-corrected chi connectivity index (χ3v) is 3.99. The number of halogens is 1. The van der Waals surface area contributed by atoms with Gasteiger partial charge in [-0.1, -0.05) is 40.9 Å². The van der Waals surface area contributed by atoms with Gasteiger partial charge in [0.25, 0.3) is 0 Å². The van der Waals surface area contributed by atoms with Crippen molar-refractivity contribution in [2.45, 2.75) is 44.6 Å². The Balaban J connectivity index is 1.76. The molecule has 0 radical (unpaired) electrons. The summed E-state index contributed by atoms with van der Waals surface area (Å²) < 4.78 is 0.947. The minimum Gasteiger partial charge on any atom is -0.353 e. The maximum absolute atomic E-state index is 11.9. The fourth-order valence-corrected chi connectivity index (χ4v) is 2.64. The van der Waals surface area contributed by atoms with E-state index in [1.54, 1.807) is 12.1 Å². The Hall–Kier alpha value is -1.16. The van der Waals surface area contributed by atoms with E-state index in [0.29, 0.717) is 11.6 Å².